The number of nitrogens with zero attached hydrogens (tertiary/aromatic N) is 1. The van der Waals surface area contributed by atoms with E-state index >= 15 is 0 Å². The molecule has 2 nitrogen and oxygen atoms in total. The molecule has 1 rings (SSSR count). The Morgan fingerprint density at radius 2 is 1.83 bits per heavy atom. The maximum Gasteiger partial charge on any atom is 0.0991 e. The summed E-state index contributed by atoms with van der Waals surface area (Å²) in [5, 5.41) is 11.6. The smallest absolute Gasteiger partial charge is 0.0991 e. The minimum atomic E-state index is 0.663. The molecular formula is C16H16N2. The second kappa shape index (κ2) is 6.93. The molecule has 0 amide bonds. The first-order valence-corrected chi connectivity index (χ1v) is 5.57. The lowest BCUT2D eigenvalue weighted by molar-refractivity contribution is 1.04. The molecule has 0 aliphatic carbocycles. The third-order valence-corrected chi connectivity index (χ3v) is 2.35. The third-order valence-electron chi connectivity index (χ3n) is 2.35. The first-order chi connectivity index (χ1) is 8.65. The molecule has 0 radical (unpaired) electrons. The molecule has 0 bridgehead atoms. The predicted molar refractivity (Wildman–Crippen MR) is 76.7 cm³/mol. The van der Waals surface area contributed by atoms with Crippen molar-refractivity contribution in [3.05, 3.63) is 78.0 Å². The number of rotatable bonds is 5. The lowest BCUT2D eigenvalue weighted by Crippen LogP contribution is -2.00. The Morgan fingerprint density at radius 1 is 1.17 bits per heavy atom. The van der Waals surface area contributed by atoms with E-state index in [-0.39, 0.29) is 0 Å². The van der Waals surface area contributed by atoms with Crippen LogP contribution in [0.3, 0.4) is 0 Å². The highest BCUT2D eigenvalue weighted by Gasteiger charge is 1.89. The van der Waals surface area contributed by atoms with Gasteiger partial charge < -0.3 is 5.32 Å². The van der Waals surface area contributed by atoms with Crippen LogP contribution in [0.4, 0.5) is 0 Å². The molecular weight excluding hydrogens is 220 g/mol. The summed E-state index contributed by atoms with van der Waals surface area (Å²) in [7, 11) is 1.82. The molecule has 90 valence electrons. The van der Waals surface area contributed by atoms with Crippen molar-refractivity contribution in [1.82, 2.24) is 5.32 Å². The molecule has 0 unspecified atom stereocenters. The summed E-state index contributed by atoms with van der Waals surface area (Å²) < 4.78 is 0. The first kappa shape index (κ1) is 13.5. The monoisotopic (exact) mass is 236 g/mol. The summed E-state index contributed by atoms with van der Waals surface area (Å²) in [5.74, 6) is 0. The van der Waals surface area contributed by atoms with Gasteiger partial charge in [-0.15, -0.1) is 0 Å². The molecule has 0 aliphatic rings. The van der Waals surface area contributed by atoms with E-state index in [1.165, 1.54) is 0 Å². The fourth-order valence-electron chi connectivity index (χ4n) is 1.22. The molecule has 1 N–H and O–H groups in total. The van der Waals surface area contributed by atoms with Gasteiger partial charge in [-0.3, -0.25) is 0 Å². The van der Waals surface area contributed by atoms with Crippen molar-refractivity contribution >= 4 is 6.08 Å². The van der Waals surface area contributed by atoms with Gasteiger partial charge in [0.05, 0.1) is 11.6 Å². The summed E-state index contributed by atoms with van der Waals surface area (Å²) in [6, 6.07) is 9.48. The number of likely N-dealkylation sites (N-methyl/N-ethyl adjacent to an activating group) is 1. The van der Waals surface area contributed by atoms with Crippen molar-refractivity contribution in [3.63, 3.8) is 0 Å². The molecule has 0 saturated carbocycles. The Labute approximate surface area is 108 Å². The molecule has 0 heterocycles. The van der Waals surface area contributed by atoms with E-state index in [4.69, 9.17) is 5.26 Å². The Hall–Kier alpha value is -2.53. The van der Waals surface area contributed by atoms with Crippen LogP contribution in [0.1, 0.15) is 11.1 Å². The summed E-state index contributed by atoms with van der Waals surface area (Å²) in [6.45, 7) is 7.70. The number of hydrogen-bond acceptors (Lipinski definition) is 2. The van der Waals surface area contributed by atoms with Gasteiger partial charge in [0.2, 0.25) is 0 Å². The van der Waals surface area contributed by atoms with Crippen molar-refractivity contribution in [3.8, 4) is 6.07 Å². The van der Waals surface area contributed by atoms with E-state index in [1.807, 2.05) is 43.5 Å². The van der Waals surface area contributed by atoms with Crippen molar-refractivity contribution < 1.29 is 0 Å². The molecule has 0 spiro atoms. The number of nitriles is 1. The Bertz CT molecular complexity index is 525. The first-order valence-electron chi connectivity index (χ1n) is 5.57. The highest BCUT2D eigenvalue weighted by molar-refractivity contribution is 5.55. The average Bonchev–Trinajstić information content (AvgIpc) is 2.42. The lowest BCUT2D eigenvalue weighted by atomic mass is 10.1. The van der Waals surface area contributed by atoms with Crippen LogP contribution in [0.15, 0.2) is 66.9 Å². The van der Waals surface area contributed by atoms with Gasteiger partial charge >= 0.3 is 0 Å². The zero-order chi connectivity index (χ0) is 13.4. The van der Waals surface area contributed by atoms with Crippen molar-refractivity contribution in [2.75, 3.05) is 7.05 Å². The molecule has 1 aromatic carbocycles. The second-order valence-corrected chi connectivity index (χ2v) is 3.75. The summed E-state index contributed by atoms with van der Waals surface area (Å²) in [4.78, 5) is 0. The zero-order valence-electron chi connectivity index (χ0n) is 10.5. The predicted octanol–water partition coefficient (Wildman–Crippen LogP) is 3.42. The SMILES string of the molecule is C=C(/C=C\C(=C)NC)/C=C/c1ccc(C#N)cc1. The molecule has 0 saturated heterocycles. The van der Waals surface area contributed by atoms with Crippen LogP contribution >= 0.6 is 0 Å². The fraction of sp³-hybridized carbons (Fsp3) is 0.0625. The van der Waals surface area contributed by atoms with E-state index in [0.717, 1.165) is 16.8 Å². The van der Waals surface area contributed by atoms with Crippen LogP contribution in [0.25, 0.3) is 6.08 Å². The molecule has 2 heteroatoms. The summed E-state index contributed by atoms with van der Waals surface area (Å²) in [5.41, 5.74) is 3.42. The number of nitrogens with one attached hydrogen (secondary N) is 1. The van der Waals surface area contributed by atoms with Crippen molar-refractivity contribution in [1.29, 1.82) is 5.26 Å². The van der Waals surface area contributed by atoms with Crippen molar-refractivity contribution in [2.24, 2.45) is 0 Å². The Kier molecular flexibility index (Phi) is 5.21. The van der Waals surface area contributed by atoms with Crippen LogP contribution in [0, 0.1) is 11.3 Å². The Balaban J connectivity index is 2.63. The number of benzene rings is 1. The minimum absolute atomic E-state index is 0.663. The van der Waals surface area contributed by atoms with Crippen molar-refractivity contribution in [2.45, 2.75) is 0 Å². The Morgan fingerprint density at radius 3 is 2.39 bits per heavy atom. The van der Waals surface area contributed by atoms with Crippen LogP contribution in [0.5, 0.6) is 0 Å². The molecule has 0 atom stereocenters. The van der Waals surface area contributed by atoms with Gasteiger partial charge in [0.1, 0.15) is 0 Å². The maximum atomic E-state index is 8.69. The van der Waals surface area contributed by atoms with Crippen LogP contribution in [0.2, 0.25) is 0 Å². The van der Waals surface area contributed by atoms with Crippen LogP contribution in [-0.2, 0) is 0 Å². The average molecular weight is 236 g/mol. The summed E-state index contributed by atoms with van der Waals surface area (Å²) >= 11 is 0. The largest absolute Gasteiger partial charge is 0.389 e. The van der Waals surface area contributed by atoms with Gasteiger partial charge in [0.25, 0.3) is 0 Å². The highest BCUT2D eigenvalue weighted by atomic mass is 14.8. The molecule has 18 heavy (non-hydrogen) atoms. The lowest BCUT2D eigenvalue weighted by Gasteiger charge is -1.96. The standard InChI is InChI=1S/C16H16N2/c1-13(4-6-14(2)18-3)5-7-15-8-10-16(12-17)11-9-15/h4-11,18H,1-2H2,3H3/b6-4-,7-5+. The molecule has 1 aromatic rings. The van der Waals surface area contributed by atoms with E-state index in [2.05, 4.69) is 24.5 Å². The van der Waals surface area contributed by atoms with Gasteiger partial charge in [-0.05, 0) is 29.3 Å². The van der Waals surface area contributed by atoms with Gasteiger partial charge in [-0.1, -0.05) is 43.5 Å². The quantitative estimate of drug-likeness (QED) is 0.795. The minimum Gasteiger partial charge on any atom is -0.389 e. The van der Waals surface area contributed by atoms with E-state index in [1.54, 1.807) is 12.1 Å². The van der Waals surface area contributed by atoms with Crippen LogP contribution in [-0.4, -0.2) is 7.05 Å². The molecule has 0 fully saturated rings. The fourth-order valence-corrected chi connectivity index (χ4v) is 1.22. The van der Waals surface area contributed by atoms with Crippen LogP contribution < -0.4 is 5.32 Å². The summed E-state index contributed by atoms with van der Waals surface area (Å²) in [6.07, 6.45) is 7.63. The topological polar surface area (TPSA) is 35.8 Å². The molecule has 0 aromatic heterocycles. The zero-order valence-corrected chi connectivity index (χ0v) is 10.5. The van der Waals surface area contributed by atoms with Gasteiger partial charge in [-0.2, -0.15) is 5.26 Å². The van der Waals surface area contributed by atoms with Gasteiger partial charge in [0, 0.05) is 12.7 Å². The molecule has 0 aliphatic heterocycles. The highest BCUT2D eigenvalue weighted by Crippen LogP contribution is 2.07. The number of allylic oxidation sites excluding steroid dienone is 4. The second-order valence-electron chi connectivity index (χ2n) is 3.75. The normalized spacial score (nSPS) is 10.4. The van der Waals surface area contributed by atoms with E-state index in [0.29, 0.717) is 5.56 Å². The maximum absolute atomic E-state index is 8.69. The third kappa shape index (κ3) is 4.54. The van der Waals surface area contributed by atoms with E-state index in [9.17, 15) is 0 Å². The van der Waals surface area contributed by atoms with Gasteiger partial charge in [-0.25, -0.2) is 0 Å². The van der Waals surface area contributed by atoms with Gasteiger partial charge in [0.15, 0.2) is 0 Å². The number of hydrogen-bond donors (Lipinski definition) is 1. The van der Waals surface area contributed by atoms with E-state index < -0.39 is 0 Å².